The molecule has 90 valence electrons. The van der Waals surface area contributed by atoms with Gasteiger partial charge in [-0.2, -0.15) is 0 Å². The van der Waals surface area contributed by atoms with Gasteiger partial charge in [0.2, 0.25) is 0 Å². The van der Waals surface area contributed by atoms with Crippen LogP contribution in [0, 0.1) is 18.8 Å². The second kappa shape index (κ2) is 5.28. The topological polar surface area (TPSA) is 33.1 Å². The Morgan fingerprint density at radius 2 is 2.25 bits per heavy atom. The first-order valence-electron chi connectivity index (χ1n) is 6.32. The molecule has 3 atom stereocenters. The van der Waals surface area contributed by atoms with Crippen molar-refractivity contribution < 1.29 is 5.11 Å². The van der Waals surface area contributed by atoms with Crippen molar-refractivity contribution >= 4 is 11.3 Å². The Morgan fingerprint density at radius 3 is 2.88 bits per heavy atom. The van der Waals surface area contributed by atoms with Gasteiger partial charge >= 0.3 is 0 Å². The average Bonchev–Trinajstić information content (AvgIpc) is 2.75. The summed E-state index contributed by atoms with van der Waals surface area (Å²) in [7, 11) is 0. The van der Waals surface area contributed by atoms with Crippen LogP contribution in [0.3, 0.4) is 0 Å². The Balaban J connectivity index is 2.10. The van der Waals surface area contributed by atoms with E-state index < -0.39 is 0 Å². The van der Waals surface area contributed by atoms with Crippen LogP contribution in [0.25, 0.3) is 0 Å². The molecule has 2 rings (SSSR count). The van der Waals surface area contributed by atoms with Crippen molar-refractivity contribution in [2.75, 3.05) is 0 Å². The van der Waals surface area contributed by atoms with E-state index in [1.54, 1.807) is 11.3 Å². The zero-order valence-corrected chi connectivity index (χ0v) is 11.0. The molecule has 0 aliphatic heterocycles. The number of nitrogens with zero attached hydrogens (tertiary/aromatic N) is 1. The summed E-state index contributed by atoms with van der Waals surface area (Å²) >= 11 is 1.64. The fourth-order valence-corrected chi connectivity index (χ4v) is 3.73. The highest BCUT2D eigenvalue weighted by Gasteiger charge is 2.31. The van der Waals surface area contributed by atoms with Gasteiger partial charge in [-0.15, -0.1) is 11.3 Å². The minimum absolute atomic E-state index is 0.281. The standard InChI is InChI=1S/C13H21NOS/c1-3-10-6-4-5-7-11(10)13(15)12-8-14-9(2)16-12/h8,10-11,13,15H,3-7H2,1-2H3. The van der Waals surface area contributed by atoms with Gasteiger partial charge in [0.1, 0.15) is 0 Å². The molecule has 1 aliphatic rings. The molecule has 2 nitrogen and oxygen atoms in total. The lowest BCUT2D eigenvalue weighted by atomic mass is 9.75. The van der Waals surface area contributed by atoms with E-state index in [1.807, 2.05) is 13.1 Å². The summed E-state index contributed by atoms with van der Waals surface area (Å²) in [6, 6.07) is 0. The third-order valence-electron chi connectivity index (χ3n) is 3.83. The van der Waals surface area contributed by atoms with Crippen LogP contribution in [0.15, 0.2) is 6.20 Å². The van der Waals surface area contributed by atoms with Crippen molar-refractivity contribution in [1.82, 2.24) is 4.98 Å². The number of aryl methyl sites for hydroxylation is 1. The summed E-state index contributed by atoms with van der Waals surface area (Å²) in [6.07, 6.45) is 7.84. The molecule has 1 aromatic rings. The van der Waals surface area contributed by atoms with E-state index in [1.165, 1.54) is 32.1 Å². The number of aliphatic hydroxyl groups excluding tert-OH is 1. The molecule has 1 aliphatic carbocycles. The van der Waals surface area contributed by atoms with Crippen LogP contribution in [0.4, 0.5) is 0 Å². The lowest BCUT2D eigenvalue weighted by molar-refractivity contribution is 0.0476. The summed E-state index contributed by atoms with van der Waals surface area (Å²) in [4.78, 5) is 5.30. The molecule has 1 N–H and O–H groups in total. The summed E-state index contributed by atoms with van der Waals surface area (Å²) in [5.41, 5.74) is 0. The van der Waals surface area contributed by atoms with E-state index >= 15 is 0 Å². The highest BCUT2D eigenvalue weighted by Crippen LogP contribution is 2.41. The van der Waals surface area contributed by atoms with Gasteiger partial charge in [0.25, 0.3) is 0 Å². The van der Waals surface area contributed by atoms with Crippen LogP contribution >= 0.6 is 11.3 Å². The maximum Gasteiger partial charge on any atom is 0.0928 e. The van der Waals surface area contributed by atoms with E-state index in [-0.39, 0.29) is 6.10 Å². The first-order chi connectivity index (χ1) is 7.72. The summed E-state index contributed by atoms with van der Waals surface area (Å²) < 4.78 is 0. The molecule has 0 bridgehead atoms. The molecule has 1 heterocycles. The van der Waals surface area contributed by atoms with Gasteiger partial charge in [-0.25, -0.2) is 4.98 Å². The smallest absolute Gasteiger partial charge is 0.0928 e. The van der Waals surface area contributed by atoms with Crippen molar-refractivity contribution in [3.05, 3.63) is 16.1 Å². The SMILES string of the molecule is CCC1CCCCC1C(O)c1cnc(C)s1. The minimum Gasteiger partial charge on any atom is -0.387 e. The molecule has 16 heavy (non-hydrogen) atoms. The molecule has 0 radical (unpaired) electrons. The quantitative estimate of drug-likeness (QED) is 0.872. The minimum atomic E-state index is -0.281. The third-order valence-corrected chi connectivity index (χ3v) is 4.81. The zero-order valence-electron chi connectivity index (χ0n) is 10.1. The lowest BCUT2D eigenvalue weighted by Gasteiger charge is -2.33. The fourth-order valence-electron chi connectivity index (χ4n) is 2.88. The van der Waals surface area contributed by atoms with E-state index in [0.717, 1.165) is 9.88 Å². The molecule has 3 unspecified atom stereocenters. The number of hydrogen-bond donors (Lipinski definition) is 1. The Kier molecular flexibility index (Phi) is 3.98. The van der Waals surface area contributed by atoms with Crippen LogP contribution in [-0.4, -0.2) is 10.1 Å². The maximum atomic E-state index is 10.4. The highest BCUT2D eigenvalue weighted by molar-refractivity contribution is 7.11. The summed E-state index contributed by atoms with van der Waals surface area (Å²) in [5.74, 6) is 1.16. The average molecular weight is 239 g/mol. The molecule has 0 saturated heterocycles. The Hall–Kier alpha value is -0.410. The molecular weight excluding hydrogens is 218 g/mol. The predicted octanol–water partition coefficient (Wildman–Crippen LogP) is 3.70. The van der Waals surface area contributed by atoms with Gasteiger partial charge in [0.05, 0.1) is 16.0 Å². The Morgan fingerprint density at radius 1 is 1.50 bits per heavy atom. The van der Waals surface area contributed by atoms with E-state index in [9.17, 15) is 5.11 Å². The Bertz CT molecular complexity index is 336. The molecule has 3 heteroatoms. The number of aromatic nitrogens is 1. The fraction of sp³-hybridized carbons (Fsp3) is 0.769. The highest BCUT2D eigenvalue weighted by atomic mass is 32.1. The number of aliphatic hydroxyl groups is 1. The zero-order chi connectivity index (χ0) is 11.5. The molecule has 0 aromatic carbocycles. The van der Waals surface area contributed by atoms with Gasteiger partial charge in [-0.05, 0) is 25.2 Å². The number of rotatable bonds is 3. The van der Waals surface area contributed by atoms with Gasteiger partial charge < -0.3 is 5.11 Å². The normalized spacial score (nSPS) is 27.9. The number of hydrogen-bond acceptors (Lipinski definition) is 3. The third kappa shape index (κ3) is 2.46. The number of thiazole rings is 1. The molecule has 1 aromatic heterocycles. The maximum absolute atomic E-state index is 10.4. The van der Waals surface area contributed by atoms with Crippen LogP contribution in [-0.2, 0) is 0 Å². The molecule has 1 saturated carbocycles. The van der Waals surface area contributed by atoms with Crippen molar-refractivity contribution in [3.8, 4) is 0 Å². The van der Waals surface area contributed by atoms with Crippen molar-refractivity contribution in [2.24, 2.45) is 11.8 Å². The van der Waals surface area contributed by atoms with E-state index in [4.69, 9.17) is 0 Å². The first kappa shape index (κ1) is 12.1. The van der Waals surface area contributed by atoms with E-state index in [0.29, 0.717) is 11.8 Å². The van der Waals surface area contributed by atoms with Gasteiger partial charge in [-0.1, -0.05) is 32.6 Å². The summed E-state index contributed by atoms with van der Waals surface area (Å²) in [6.45, 7) is 4.24. The lowest BCUT2D eigenvalue weighted by Crippen LogP contribution is -2.24. The predicted molar refractivity (Wildman–Crippen MR) is 67.5 cm³/mol. The van der Waals surface area contributed by atoms with Gasteiger partial charge in [-0.3, -0.25) is 0 Å². The van der Waals surface area contributed by atoms with Crippen molar-refractivity contribution in [1.29, 1.82) is 0 Å². The van der Waals surface area contributed by atoms with Crippen LogP contribution in [0.2, 0.25) is 0 Å². The second-order valence-electron chi connectivity index (χ2n) is 4.84. The van der Waals surface area contributed by atoms with Crippen LogP contribution < -0.4 is 0 Å². The summed E-state index contributed by atoms with van der Waals surface area (Å²) in [5, 5.41) is 11.5. The molecule has 1 fully saturated rings. The van der Waals surface area contributed by atoms with Crippen LogP contribution in [0.5, 0.6) is 0 Å². The monoisotopic (exact) mass is 239 g/mol. The van der Waals surface area contributed by atoms with Crippen molar-refractivity contribution in [2.45, 2.75) is 52.1 Å². The van der Waals surface area contributed by atoms with E-state index in [2.05, 4.69) is 11.9 Å². The second-order valence-corrected chi connectivity index (χ2v) is 6.11. The van der Waals surface area contributed by atoms with Crippen LogP contribution in [0.1, 0.15) is 55.0 Å². The molecule has 0 spiro atoms. The molecular formula is C13H21NOS. The van der Waals surface area contributed by atoms with Gasteiger partial charge in [0, 0.05) is 6.20 Å². The first-order valence-corrected chi connectivity index (χ1v) is 7.14. The molecule has 0 amide bonds. The van der Waals surface area contributed by atoms with Crippen molar-refractivity contribution in [3.63, 3.8) is 0 Å². The largest absolute Gasteiger partial charge is 0.387 e. The van der Waals surface area contributed by atoms with Gasteiger partial charge in [0.15, 0.2) is 0 Å². The Labute approximate surface area is 102 Å².